The summed E-state index contributed by atoms with van der Waals surface area (Å²) in [6, 6.07) is 0. The van der Waals surface area contributed by atoms with E-state index in [2.05, 4.69) is 17.6 Å². The van der Waals surface area contributed by atoms with Crippen LogP contribution >= 0.6 is 0 Å². The Balaban J connectivity index is 0.000000141. The molecule has 3 N–H and O–H groups in total. The van der Waals surface area contributed by atoms with Crippen LogP contribution in [-0.4, -0.2) is 61.8 Å². The second-order valence-electron chi connectivity index (χ2n) is 8.12. The van der Waals surface area contributed by atoms with E-state index in [0.717, 1.165) is 57.8 Å². The largest absolute Gasteiger partial charge is 0.393 e. The molecule has 5 heteroatoms. The van der Waals surface area contributed by atoms with Crippen LogP contribution in [0, 0.1) is 5.92 Å². The Bertz CT molecular complexity index is 311. The Labute approximate surface area is 146 Å². The highest BCUT2D eigenvalue weighted by Crippen LogP contribution is 2.31. The van der Waals surface area contributed by atoms with Gasteiger partial charge in [-0.15, -0.1) is 0 Å². The molecule has 4 fully saturated rings. The van der Waals surface area contributed by atoms with Gasteiger partial charge in [-0.25, -0.2) is 0 Å². The molecule has 5 nitrogen and oxygen atoms in total. The highest BCUT2D eigenvalue weighted by molar-refractivity contribution is 4.82. The molecular formula is C19H36N2O3. The third kappa shape index (κ3) is 5.95. The summed E-state index contributed by atoms with van der Waals surface area (Å²) in [6.45, 7) is 6.77. The van der Waals surface area contributed by atoms with E-state index in [4.69, 9.17) is 14.6 Å². The van der Waals surface area contributed by atoms with Gasteiger partial charge < -0.3 is 25.2 Å². The lowest BCUT2D eigenvalue weighted by Gasteiger charge is -2.36. The molecule has 2 aliphatic carbocycles. The van der Waals surface area contributed by atoms with Gasteiger partial charge in [0, 0.05) is 0 Å². The molecule has 0 atom stereocenters. The van der Waals surface area contributed by atoms with Crippen LogP contribution in [0.2, 0.25) is 0 Å². The number of aliphatic hydroxyl groups is 1. The van der Waals surface area contributed by atoms with Gasteiger partial charge in [0.1, 0.15) is 0 Å². The molecule has 0 bridgehead atoms. The molecule has 0 aromatic carbocycles. The van der Waals surface area contributed by atoms with Crippen LogP contribution in [0.15, 0.2) is 0 Å². The standard InChI is InChI=1S/C10H19NO.C9H17NO2/c1-8-6-10(7-8)12-9-2-4-11-5-3-9;11-7-5-9(6-7)12-8-1-3-10-4-2-8/h8-11H,2-7H2,1H3;7-11H,1-6H2. The van der Waals surface area contributed by atoms with Crippen LogP contribution in [0.5, 0.6) is 0 Å². The Morgan fingerprint density at radius 3 is 1.46 bits per heavy atom. The van der Waals surface area contributed by atoms with E-state index in [-0.39, 0.29) is 6.10 Å². The van der Waals surface area contributed by atoms with E-state index in [1.807, 2.05) is 0 Å². The normalized spacial score (nSPS) is 37.8. The van der Waals surface area contributed by atoms with Crippen LogP contribution in [0.1, 0.15) is 58.3 Å². The Morgan fingerprint density at radius 2 is 1.08 bits per heavy atom. The predicted octanol–water partition coefficient (Wildman–Crippen LogP) is 1.83. The summed E-state index contributed by atoms with van der Waals surface area (Å²) in [4.78, 5) is 0. The summed E-state index contributed by atoms with van der Waals surface area (Å²) in [5.41, 5.74) is 0. The van der Waals surface area contributed by atoms with Gasteiger partial charge in [-0.05, 0) is 83.5 Å². The van der Waals surface area contributed by atoms with Crippen molar-refractivity contribution in [2.45, 2.75) is 88.8 Å². The molecule has 0 spiro atoms. The third-order valence-electron chi connectivity index (χ3n) is 5.74. The molecule has 2 saturated heterocycles. The third-order valence-corrected chi connectivity index (χ3v) is 5.74. The van der Waals surface area contributed by atoms with E-state index in [0.29, 0.717) is 24.4 Å². The monoisotopic (exact) mass is 340 g/mol. The SMILES string of the molecule is CC1CC(OC2CCNCC2)C1.OC1CC(OC2CCNCC2)C1. The lowest BCUT2D eigenvalue weighted by atomic mass is 9.84. The number of nitrogens with one attached hydrogen (secondary N) is 2. The molecule has 0 unspecified atom stereocenters. The van der Waals surface area contributed by atoms with Gasteiger partial charge in [-0.1, -0.05) is 6.92 Å². The average Bonchev–Trinajstić information content (AvgIpc) is 2.55. The van der Waals surface area contributed by atoms with E-state index in [1.165, 1.54) is 25.7 Å². The number of rotatable bonds is 4. The molecule has 2 heterocycles. The van der Waals surface area contributed by atoms with Crippen molar-refractivity contribution >= 4 is 0 Å². The van der Waals surface area contributed by atoms with Crippen LogP contribution in [-0.2, 0) is 9.47 Å². The van der Waals surface area contributed by atoms with Crippen molar-refractivity contribution in [2.75, 3.05) is 26.2 Å². The molecule has 4 rings (SSSR count). The molecule has 4 aliphatic rings. The zero-order chi connectivity index (χ0) is 16.8. The van der Waals surface area contributed by atoms with Crippen LogP contribution < -0.4 is 10.6 Å². The summed E-state index contributed by atoms with van der Waals surface area (Å²) in [7, 11) is 0. The van der Waals surface area contributed by atoms with Crippen molar-refractivity contribution in [1.82, 2.24) is 10.6 Å². The van der Waals surface area contributed by atoms with Gasteiger partial charge in [0.15, 0.2) is 0 Å². The quantitative estimate of drug-likeness (QED) is 0.729. The van der Waals surface area contributed by atoms with Gasteiger partial charge in [0.05, 0.1) is 30.5 Å². The van der Waals surface area contributed by atoms with Crippen molar-refractivity contribution < 1.29 is 14.6 Å². The molecule has 0 amide bonds. The van der Waals surface area contributed by atoms with Crippen molar-refractivity contribution in [3.63, 3.8) is 0 Å². The number of ether oxygens (including phenoxy) is 2. The number of piperidine rings is 2. The van der Waals surface area contributed by atoms with Crippen LogP contribution in [0.25, 0.3) is 0 Å². The van der Waals surface area contributed by atoms with Crippen LogP contribution in [0.4, 0.5) is 0 Å². The molecule has 24 heavy (non-hydrogen) atoms. The molecule has 0 aromatic rings. The van der Waals surface area contributed by atoms with Crippen LogP contribution in [0.3, 0.4) is 0 Å². The van der Waals surface area contributed by atoms with E-state index in [1.54, 1.807) is 0 Å². The summed E-state index contributed by atoms with van der Waals surface area (Å²) in [6.07, 6.45) is 10.9. The first-order valence-corrected chi connectivity index (χ1v) is 10.1. The summed E-state index contributed by atoms with van der Waals surface area (Å²) in [5, 5.41) is 15.7. The second-order valence-corrected chi connectivity index (χ2v) is 8.12. The van der Waals surface area contributed by atoms with Gasteiger partial charge in [-0.2, -0.15) is 0 Å². The Morgan fingerprint density at radius 1 is 0.667 bits per heavy atom. The maximum atomic E-state index is 9.06. The van der Waals surface area contributed by atoms with Gasteiger partial charge in [0.2, 0.25) is 0 Å². The fourth-order valence-corrected chi connectivity index (χ4v) is 4.00. The predicted molar refractivity (Wildman–Crippen MR) is 95.2 cm³/mol. The topological polar surface area (TPSA) is 62.8 Å². The van der Waals surface area contributed by atoms with Gasteiger partial charge >= 0.3 is 0 Å². The highest BCUT2D eigenvalue weighted by atomic mass is 16.5. The zero-order valence-electron chi connectivity index (χ0n) is 15.2. The van der Waals surface area contributed by atoms with E-state index in [9.17, 15) is 0 Å². The summed E-state index contributed by atoms with van der Waals surface area (Å²) < 4.78 is 11.8. The fourth-order valence-electron chi connectivity index (χ4n) is 4.00. The molecule has 0 aromatic heterocycles. The van der Waals surface area contributed by atoms with Gasteiger partial charge in [-0.3, -0.25) is 0 Å². The molecule has 2 saturated carbocycles. The minimum atomic E-state index is -0.0864. The average molecular weight is 341 g/mol. The second kappa shape index (κ2) is 9.48. The number of aliphatic hydroxyl groups excluding tert-OH is 1. The molecule has 0 radical (unpaired) electrons. The first kappa shape index (κ1) is 18.6. The minimum absolute atomic E-state index is 0.0864. The van der Waals surface area contributed by atoms with Crippen molar-refractivity contribution in [1.29, 1.82) is 0 Å². The smallest absolute Gasteiger partial charge is 0.0628 e. The summed E-state index contributed by atoms with van der Waals surface area (Å²) >= 11 is 0. The number of hydrogen-bond acceptors (Lipinski definition) is 5. The fraction of sp³-hybridized carbons (Fsp3) is 1.00. The Kier molecular flexibility index (Phi) is 7.35. The first-order chi connectivity index (χ1) is 11.7. The summed E-state index contributed by atoms with van der Waals surface area (Å²) in [5.74, 6) is 0.914. The highest BCUT2D eigenvalue weighted by Gasteiger charge is 2.30. The lowest BCUT2D eigenvalue weighted by molar-refractivity contribution is -0.110. The minimum Gasteiger partial charge on any atom is -0.393 e. The van der Waals surface area contributed by atoms with Crippen molar-refractivity contribution in [3.8, 4) is 0 Å². The zero-order valence-corrected chi connectivity index (χ0v) is 15.2. The molecule has 2 aliphatic heterocycles. The molecule has 140 valence electrons. The maximum Gasteiger partial charge on any atom is 0.0628 e. The lowest BCUT2D eigenvalue weighted by Crippen LogP contribution is -2.41. The maximum absolute atomic E-state index is 9.06. The van der Waals surface area contributed by atoms with E-state index >= 15 is 0 Å². The molecular weight excluding hydrogens is 304 g/mol. The Hall–Kier alpha value is -0.200. The van der Waals surface area contributed by atoms with Crippen molar-refractivity contribution in [2.24, 2.45) is 5.92 Å². The van der Waals surface area contributed by atoms with E-state index < -0.39 is 0 Å². The van der Waals surface area contributed by atoms with Crippen molar-refractivity contribution in [3.05, 3.63) is 0 Å². The number of hydrogen-bond donors (Lipinski definition) is 3. The van der Waals surface area contributed by atoms with Gasteiger partial charge in [0.25, 0.3) is 0 Å². The first-order valence-electron chi connectivity index (χ1n) is 10.1.